The molecule has 0 saturated heterocycles. The Kier molecular flexibility index (Phi) is 988. The molecule has 124 valence electrons. The average molecular weight is 331 g/mol. The minimum Gasteiger partial charge on any atom is -1.00 e. The van der Waals surface area contributed by atoms with Crippen LogP contribution in [-0.2, 0) is 0 Å². The van der Waals surface area contributed by atoms with Crippen LogP contribution in [0.5, 0.6) is 0 Å². The van der Waals surface area contributed by atoms with Crippen LogP contribution in [0.2, 0.25) is 0 Å². The molecule has 19 heavy (non-hydrogen) atoms. The molecule has 0 aliphatic carbocycles. The smallest absolute Gasteiger partial charge is 1.00 e. The number of unbranched alkanes of at least 4 members (excludes halogenated alkanes) is 2. The Balaban J connectivity index is -0.00000000273. The summed E-state index contributed by atoms with van der Waals surface area (Å²) in [5, 5.41) is 0. The van der Waals surface area contributed by atoms with Crippen LogP contribution < -0.4 is 83.0 Å². The quantitative estimate of drug-likeness (QED) is 0.396. The molecule has 7 heteroatoms. The van der Waals surface area contributed by atoms with Crippen LogP contribution in [0.15, 0.2) is 0 Å². The molecule has 0 atom stereocenters. The van der Waals surface area contributed by atoms with E-state index in [4.69, 9.17) is 11.5 Å². The van der Waals surface area contributed by atoms with Gasteiger partial charge >= 0.3 is 59.1 Å². The van der Waals surface area contributed by atoms with E-state index in [9.17, 15) is 0 Å². The minimum atomic E-state index is 0. The Hall–Kier alpha value is 2.13. The van der Waals surface area contributed by atoms with E-state index in [1.807, 2.05) is 0 Å². The third kappa shape index (κ3) is 176. The third-order valence-electron chi connectivity index (χ3n) is 0.908. The van der Waals surface area contributed by atoms with Crippen LogP contribution in [0.3, 0.4) is 0 Å². The van der Waals surface area contributed by atoms with Crippen LogP contribution in [0.4, 0.5) is 0 Å². The van der Waals surface area contributed by atoms with Gasteiger partial charge in [-0.1, -0.05) is 58.4 Å². The van der Waals surface area contributed by atoms with Gasteiger partial charge in [0.25, 0.3) is 0 Å². The molecule has 0 unspecified atom stereocenters. The van der Waals surface area contributed by atoms with Crippen molar-refractivity contribution < 1.29 is 82.5 Å². The van der Waals surface area contributed by atoms with E-state index in [1.165, 1.54) is 6.42 Å². The molecule has 0 amide bonds. The van der Waals surface area contributed by atoms with E-state index in [-0.39, 0.29) is 134 Å². The summed E-state index contributed by atoms with van der Waals surface area (Å²) in [4.78, 5) is 0. The molecule has 7 N–H and O–H groups in total. The Morgan fingerprint density at radius 1 is 0.526 bits per heavy atom. The number of hydrogen-bond donors (Lipinski definition) is 2. The molecule has 0 aromatic heterocycles. The first-order valence-corrected chi connectivity index (χ1v) is 2.82. The SMILES string of the molecule is C.C.C.C.C.C.C.NCCCCCN.O.[Cl-].[Na+].[Na+].[OH-]. The number of rotatable bonds is 4. The number of hydrogen-bond acceptors (Lipinski definition) is 3. The standard InChI is InChI=1S/C5H14N2.7CH4.ClH.2Na.2H2O/c6-4-2-1-3-5-7;;;;;;;;;;;;/h1-7H2;7*1H4;1H;;;2*1H2/q;;;;;;;;;2*+1;;/p-2. The predicted molar refractivity (Wildman–Crippen MR) is 84.6 cm³/mol. The zero-order valence-corrected chi connectivity index (χ0v) is 12.8. The summed E-state index contributed by atoms with van der Waals surface area (Å²) in [6, 6.07) is 0. The fourth-order valence-corrected chi connectivity index (χ4v) is 0.465. The Bertz CT molecular complexity index is 50.9. The van der Waals surface area contributed by atoms with Gasteiger partial charge in [-0.15, -0.1) is 0 Å². The summed E-state index contributed by atoms with van der Waals surface area (Å²) in [6.45, 7) is 1.61. The van der Waals surface area contributed by atoms with E-state index in [0.717, 1.165) is 25.9 Å². The van der Waals surface area contributed by atoms with Gasteiger partial charge in [0.05, 0.1) is 0 Å². The summed E-state index contributed by atoms with van der Waals surface area (Å²) in [5.74, 6) is 0. The van der Waals surface area contributed by atoms with Crippen LogP contribution in [0, 0.1) is 0 Å². The monoisotopic (exact) mass is 330 g/mol. The molecule has 0 spiro atoms. The van der Waals surface area contributed by atoms with E-state index in [2.05, 4.69) is 0 Å². The van der Waals surface area contributed by atoms with Crippen molar-refractivity contribution in [3.05, 3.63) is 0 Å². The fraction of sp³-hybridized carbons (Fsp3) is 1.00. The van der Waals surface area contributed by atoms with Crippen LogP contribution >= 0.6 is 0 Å². The van der Waals surface area contributed by atoms with Crippen molar-refractivity contribution in [2.45, 2.75) is 71.2 Å². The molecular formula is C12H45ClN2Na2O2. The van der Waals surface area contributed by atoms with Crippen LogP contribution in [0.1, 0.15) is 71.2 Å². The predicted octanol–water partition coefficient (Wildman–Crippen LogP) is -5.46. The van der Waals surface area contributed by atoms with Gasteiger partial charge in [-0.2, -0.15) is 0 Å². The maximum absolute atomic E-state index is 5.23. The largest absolute Gasteiger partial charge is 1.00 e. The molecule has 0 bridgehead atoms. The number of nitrogens with two attached hydrogens (primary N) is 2. The summed E-state index contributed by atoms with van der Waals surface area (Å²) in [7, 11) is 0. The Morgan fingerprint density at radius 3 is 0.789 bits per heavy atom. The molecule has 4 nitrogen and oxygen atoms in total. The van der Waals surface area contributed by atoms with E-state index in [1.54, 1.807) is 0 Å². The van der Waals surface area contributed by atoms with Crippen molar-refractivity contribution in [3.8, 4) is 0 Å². The van der Waals surface area contributed by atoms with Crippen molar-refractivity contribution in [2.75, 3.05) is 13.1 Å². The fourth-order valence-electron chi connectivity index (χ4n) is 0.465. The van der Waals surface area contributed by atoms with Gasteiger partial charge in [0.15, 0.2) is 0 Å². The van der Waals surface area contributed by atoms with Gasteiger partial charge in [0, 0.05) is 0 Å². The molecule has 0 aliphatic rings. The Labute approximate surface area is 176 Å². The number of halogens is 1. The summed E-state index contributed by atoms with van der Waals surface area (Å²) in [5.41, 5.74) is 10.5. The second-order valence-electron chi connectivity index (χ2n) is 1.64. The second-order valence-corrected chi connectivity index (χ2v) is 1.64. The van der Waals surface area contributed by atoms with Crippen LogP contribution in [-0.4, -0.2) is 24.0 Å². The summed E-state index contributed by atoms with van der Waals surface area (Å²) >= 11 is 0. The first-order valence-electron chi connectivity index (χ1n) is 2.82. The molecule has 0 radical (unpaired) electrons. The van der Waals surface area contributed by atoms with Crippen molar-refractivity contribution in [2.24, 2.45) is 11.5 Å². The van der Waals surface area contributed by atoms with Crippen molar-refractivity contribution in [1.82, 2.24) is 0 Å². The molecule has 0 fully saturated rings. The second kappa shape index (κ2) is 145. The maximum atomic E-state index is 5.23. The van der Waals surface area contributed by atoms with E-state index in [0.29, 0.717) is 0 Å². The summed E-state index contributed by atoms with van der Waals surface area (Å²) in [6.07, 6.45) is 3.43. The molecule has 0 saturated carbocycles. The zero-order chi connectivity index (χ0) is 5.54. The molecule has 0 aromatic rings. The zero-order valence-electron chi connectivity index (χ0n) is 8.02. The minimum absolute atomic E-state index is 0. The van der Waals surface area contributed by atoms with Crippen molar-refractivity contribution in [3.63, 3.8) is 0 Å². The molecule has 0 aliphatic heterocycles. The molecule has 0 rings (SSSR count). The van der Waals surface area contributed by atoms with E-state index >= 15 is 0 Å². The normalized spacial score (nSPS) is 3.47. The van der Waals surface area contributed by atoms with Crippen LogP contribution in [0.25, 0.3) is 0 Å². The van der Waals surface area contributed by atoms with Gasteiger partial charge in [0.1, 0.15) is 0 Å². The topological polar surface area (TPSA) is 114 Å². The third-order valence-corrected chi connectivity index (χ3v) is 0.908. The van der Waals surface area contributed by atoms with Gasteiger partial charge in [-0.25, -0.2) is 0 Å². The van der Waals surface area contributed by atoms with Gasteiger partial charge < -0.3 is 34.8 Å². The average Bonchev–Trinajstić information content (AvgIpc) is 1.69. The Morgan fingerprint density at radius 2 is 0.684 bits per heavy atom. The van der Waals surface area contributed by atoms with Gasteiger partial charge in [-0.05, 0) is 25.9 Å². The van der Waals surface area contributed by atoms with Crippen molar-refractivity contribution >= 4 is 0 Å². The first-order chi connectivity index (χ1) is 3.41. The molecule has 0 heterocycles. The maximum Gasteiger partial charge on any atom is 1.00 e. The molecular weight excluding hydrogens is 286 g/mol. The molecule has 0 aromatic carbocycles. The van der Waals surface area contributed by atoms with Gasteiger partial charge in [-0.3, -0.25) is 0 Å². The van der Waals surface area contributed by atoms with Crippen molar-refractivity contribution in [1.29, 1.82) is 0 Å². The van der Waals surface area contributed by atoms with E-state index < -0.39 is 0 Å². The van der Waals surface area contributed by atoms with Gasteiger partial charge in [0.2, 0.25) is 0 Å². The summed E-state index contributed by atoms with van der Waals surface area (Å²) < 4.78 is 0. The first kappa shape index (κ1) is 130.